The smallest absolute Gasteiger partial charge is 0.132 e. The summed E-state index contributed by atoms with van der Waals surface area (Å²) in [7, 11) is 0. The van der Waals surface area contributed by atoms with Crippen molar-refractivity contribution in [1.29, 1.82) is 0 Å². The van der Waals surface area contributed by atoms with Crippen LogP contribution in [0.1, 0.15) is 37.1 Å². The maximum absolute atomic E-state index is 11.0. The van der Waals surface area contributed by atoms with E-state index < -0.39 is 0 Å². The van der Waals surface area contributed by atoms with Crippen molar-refractivity contribution < 1.29 is 4.79 Å². The first-order valence-electron chi connectivity index (χ1n) is 5.26. The SMILES string of the molecule is Cc1cc(CC2CCC(=O)CC2)n[nH]1. The average molecular weight is 192 g/mol. The van der Waals surface area contributed by atoms with Crippen molar-refractivity contribution in [2.24, 2.45) is 5.92 Å². The van der Waals surface area contributed by atoms with E-state index in [0.717, 1.165) is 43.5 Å². The van der Waals surface area contributed by atoms with E-state index in [2.05, 4.69) is 16.3 Å². The first-order chi connectivity index (χ1) is 6.74. The average Bonchev–Trinajstić information content (AvgIpc) is 2.56. The van der Waals surface area contributed by atoms with Gasteiger partial charge in [-0.25, -0.2) is 0 Å². The number of hydrogen-bond acceptors (Lipinski definition) is 2. The highest BCUT2D eigenvalue weighted by atomic mass is 16.1. The molecule has 1 saturated carbocycles. The Morgan fingerprint density at radius 1 is 1.50 bits per heavy atom. The van der Waals surface area contributed by atoms with Crippen LogP contribution >= 0.6 is 0 Å². The molecule has 1 fully saturated rings. The van der Waals surface area contributed by atoms with E-state index in [1.807, 2.05) is 6.92 Å². The molecule has 0 amide bonds. The summed E-state index contributed by atoms with van der Waals surface area (Å²) in [5.74, 6) is 1.09. The van der Waals surface area contributed by atoms with Gasteiger partial charge in [0.25, 0.3) is 0 Å². The van der Waals surface area contributed by atoms with Gasteiger partial charge in [0.2, 0.25) is 0 Å². The second-order valence-corrected chi connectivity index (χ2v) is 4.23. The Bertz CT molecular complexity index is 320. The zero-order chi connectivity index (χ0) is 9.97. The maximum Gasteiger partial charge on any atom is 0.132 e. The Balaban J connectivity index is 1.89. The van der Waals surface area contributed by atoms with Crippen molar-refractivity contribution in [3.8, 4) is 0 Å². The second-order valence-electron chi connectivity index (χ2n) is 4.23. The number of hydrogen-bond donors (Lipinski definition) is 1. The Morgan fingerprint density at radius 3 is 2.79 bits per heavy atom. The molecule has 76 valence electrons. The lowest BCUT2D eigenvalue weighted by Crippen LogP contribution is -2.15. The highest BCUT2D eigenvalue weighted by molar-refractivity contribution is 5.79. The Morgan fingerprint density at radius 2 is 2.21 bits per heavy atom. The van der Waals surface area contributed by atoms with Crippen LogP contribution < -0.4 is 0 Å². The van der Waals surface area contributed by atoms with Gasteiger partial charge in [-0.3, -0.25) is 9.89 Å². The molecule has 0 bridgehead atoms. The molecule has 2 rings (SSSR count). The van der Waals surface area contributed by atoms with E-state index in [4.69, 9.17) is 0 Å². The maximum atomic E-state index is 11.0. The van der Waals surface area contributed by atoms with Crippen LogP contribution in [0.3, 0.4) is 0 Å². The predicted molar refractivity (Wildman–Crippen MR) is 54.0 cm³/mol. The summed E-state index contributed by atoms with van der Waals surface area (Å²) in [6.45, 7) is 2.01. The largest absolute Gasteiger partial charge is 0.300 e. The lowest BCUT2D eigenvalue weighted by molar-refractivity contribution is -0.121. The monoisotopic (exact) mass is 192 g/mol. The van der Waals surface area contributed by atoms with Crippen LogP contribution in [0.15, 0.2) is 6.07 Å². The van der Waals surface area contributed by atoms with Gasteiger partial charge in [-0.1, -0.05) is 0 Å². The fraction of sp³-hybridized carbons (Fsp3) is 0.636. The van der Waals surface area contributed by atoms with Gasteiger partial charge in [0, 0.05) is 18.5 Å². The van der Waals surface area contributed by atoms with Gasteiger partial charge >= 0.3 is 0 Å². The molecule has 1 aromatic rings. The number of aryl methyl sites for hydroxylation is 1. The van der Waals surface area contributed by atoms with Gasteiger partial charge in [0.1, 0.15) is 5.78 Å². The van der Waals surface area contributed by atoms with Crippen LogP contribution in [0.2, 0.25) is 0 Å². The van der Waals surface area contributed by atoms with Crippen LogP contribution in [0.4, 0.5) is 0 Å². The van der Waals surface area contributed by atoms with Crippen molar-refractivity contribution in [2.75, 3.05) is 0 Å². The molecular weight excluding hydrogens is 176 g/mol. The molecule has 0 aromatic carbocycles. The van der Waals surface area contributed by atoms with Gasteiger partial charge in [0.05, 0.1) is 5.69 Å². The summed E-state index contributed by atoms with van der Waals surface area (Å²) < 4.78 is 0. The number of H-pyrrole nitrogens is 1. The number of carbonyl (C=O) groups excluding carboxylic acids is 1. The molecule has 14 heavy (non-hydrogen) atoms. The van der Waals surface area contributed by atoms with Crippen LogP contribution in [-0.2, 0) is 11.2 Å². The molecule has 1 aromatic heterocycles. The summed E-state index contributed by atoms with van der Waals surface area (Å²) in [5, 5.41) is 7.17. The number of aromatic amines is 1. The van der Waals surface area contributed by atoms with E-state index in [-0.39, 0.29) is 0 Å². The standard InChI is InChI=1S/C11H16N2O/c1-8-6-10(13-12-8)7-9-2-4-11(14)5-3-9/h6,9H,2-5,7H2,1H3,(H,12,13). The van der Waals surface area contributed by atoms with E-state index in [1.165, 1.54) is 0 Å². The first-order valence-corrected chi connectivity index (χ1v) is 5.26. The molecule has 0 saturated heterocycles. The molecule has 0 atom stereocenters. The van der Waals surface area contributed by atoms with E-state index in [0.29, 0.717) is 11.7 Å². The molecule has 0 aliphatic heterocycles. The molecular formula is C11H16N2O. The molecule has 3 nitrogen and oxygen atoms in total. The third kappa shape index (κ3) is 2.22. The van der Waals surface area contributed by atoms with Crippen LogP contribution in [-0.4, -0.2) is 16.0 Å². The number of ketones is 1. The summed E-state index contributed by atoms with van der Waals surface area (Å²) in [5.41, 5.74) is 2.26. The predicted octanol–water partition coefficient (Wildman–Crippen LogP) is 2.02. The van der Waals surface area contributed by atoms with Crippen molar-refractivity contribution in [3.05, 3.63) is 17.5 Å². The number of Topliss-reactive ketones (excluding diaryl/α,β-unsaturated/α-hetero) is 1. The number of nitrogens with one attached hydrogen (secondary N) is 1. The van der Waals surface area contributed by atoms with Crippen molar-refractivity contribution in [1.82, 2.24) is 10.2 Å². The van der Waals surface area contributed by atoms with Gasteiger partial charge in [0.15, 0.2) is 0 Å². The molecule has 1 aliphatic rings. The molecule has 1 aliphatic carbocycles. The van der Waals surface area contributed by atoms with Gasteiger partial charge in [-0.2, -0.15) is 5.10 Å². The summed E-state index contributed by atoms with van der Waals surface area (Å²) in [6, 6.07) is 2.09. The minimum atomic E-state index is 0.430. The molecule has 0 spiro atoms. The van der Waals surface area contributed by atoms with Crippen LogP contribution in [0.25, 0.3) is 0 Å². The highest BCUT2D eigenvalue weighted by Gasteiger charge is 2.19. The van der Waals surface area contributed by atoms with E-state index in [9.17, 15) is 4.79 Å². The van der Waals surface area contributed by atoms with Crippen LogP contribution in [0.5, 0.6) is 0 Å². The quantitative estimate of drug-likeness (QED) is 0.779. The highest BCUT2D eigenvalue weighted by Crippen LogP contribution is 2.24. The first kappa shape index (κ1) is 9.44. The fourth-order valence-electron chi connectivity index (χ4n) is 2.08. The van der Waals surface area contributed by atoms with Crippen molar-refractivity contribution in [2.45, 2.75) is 39.0 Å². The molecule has 0 unspecified atom stereocenters. The second kappa shape index (κ2) is 3.95. The Hall–Kier alpha value is -1.12. The fourth-order valence-corrected chi connectivity index (χ4v) is 2.08. The molecule has 1 N–H and O–H groups in total. The lowest BCUT2D eigenvalue weighted by Gasteiger charge is -2.19. The van der Waals surface area contributed by atoms with Crippen molar-refractivity contribution in [3.63, 3.8) is 0 Å². The van der Waals surface area contributed by atoms with Gasteiger partial charge in [-0.05, 0) is 38.2 Å². The minimum Gasteiger partial charge on any atom is -0.300 e. The number of nitrogens with zero attached hydrogens (tertiary/aromatic N) is 1. The number of carbonyl (C=O) groups is 1. The zero-order valence-electron chi connectivity index (χ0n) is 8.55. The topological polar surface area (TPSA) is 45.8 Å². The van der Waals surface area contributed by atoms with Crippen LogP contribution in [0, 0.1) is 12.8 Å². The molecule has 0 radical (unpaired) electrons. The lowest BCUT2D eigenvalue weighted by atomic mass is 9.85. The summed E-state index contributed by atoms with van der Waals surface area (Å²) in [6.07, 6.45) is 4.66. The van der Waals surface area contributed by atoms with Gasteiger partial charge < -0.3 is 0 Å². The molecule has 1 heterocycles. The Kier molecular flexibility index (Phi) is 2.66. The normalized spacial score (nSPS) is 18.8. The summed E-state index contributed by atoms with van der Waals surface area (Å²) >= 11 is 0. The van der Waals surface area contributed by atoms with E-state index in [1.54, 1.807) is 0 Å². The summed E-state index contributed by atoms with van der Waals surface area (Å²) in [4.78, 5) is 11.0. The van der Waals surface area contributed by atoms with Gasteiger partial charge in [-0.15, -0.1) is 0 Å². The minimum absolute atomic E-state index is 0.430. The zero-order valence-corrected chi connectivity index (χ0v) is 8.55. The third-order valence-corrected chi connectivity index (χ3v) is 2.92. The van der Waals surface area contributed by atoms with E-state index >= 15 is 0 Å². The number of aromatic nitrogens is 2. The number of rotatable bonds is 2. The molecule has 3 heteroatoms. The Labute approximate surface area is 83.9 Å². The van der Waals surface area contributed by atoms with Crippen molar-refractivity contribution >= 4 is 5.78 Å². The third-order valence-electron chi connectivity index (χ3n) is 2.92.